The molecule has 0 spiro atoms. The van der Waals surface area contributed by atoms with E-state index >= 15 is 0 Å². The van der Waals surface area contributed by atoms with Gasteiger partial charge in [0.25, 0.3) is 5.91 Å². The van der Waals surface area contributed by atoms with Gasteiger partial charge in [-0.2, -0.15) is 0 Å². The first kappa shape index (κ1) is 26.5. The zero-order valence-corrected chi connectivity index (χ0v) is 21.3. The fourth-order valence-corrected chi connectivity index (χ4v) is 4.96. The fraction of sp³-hybridized carbons (Fsp3) is 0.385. The number of carbonyl (C=O) groups excluding carboxylic acids is 3. The molecule has 3 aromatic rings. The number of hydrogen-bond acceptors (Lipinski definition) is 7. The van der Waals surface area contributed by atoms with Crippen molar-refractivity contribution in [2.75, 3.05) is 21.7 Å². The van der Waals surface area contributed by atoms with Crippen LogP contribution in [-0.4, -0.2) is 40.4 Å². The number of hydrogen-bond donors (Lipinski definition) is 2. The van der Waals surface area contributed by atoms with Crippen molar-refractivity contribution in [3.8, 4) is 0 Å². The number of thioether (sulfide) groups is 1. The molecule has 1 aromatic carbocycles. The number of nitrogens with zero attached hydrogens (tertiary/aromatic N) is 2. The van der Waals surface area contributed by atoms with Gasteiger partial charge in [-0.05, 0) is 56.2 Å². The van der Waals surface area contributed by atoms with E-state index < -0.39 is 17.8 Å². The maximum atomic E-state index is 13.7. The highest BCUT2D eigenvalue weighted by Crippen LogP contribution is 2.30. The molecule has 196 valence electrons. The molecule has 0 bridgehead atoms. The van der Waals surface area contributed by atoms with Gasteiger partial charge in [-0.3, -0.25) is 19.3 Å². The number of furan rings is 1. The Morgan fingerprint density at radius 2 is 1.89 bits per heavy atom. The van der Waals surface area contributed by atoms with Gasteiger partial charge in [0.1, 0.15) is 17.3 Å². The van der Waals surface area contributed by atoms with Crippen molar-refractivity contribution in [2.24, 2.45) is 0 Å². The smallest absolute Gasteiger partial charge is 0.251 e. The molecule has 2 N–H and O–H groups in total. The minimum Gasteiger partial charge on any atom is -0.467 e. The summed E-state index contributed by atoms with van der Waals surface area (Å²) in [6.45, 7) is 1.71. The first-order chi connectivity index (χ1) is 17.9. The molecule has 1 atom stereocenters. The molecule has 9 nitrogen and oxygen atoms in total. The summed E-state index contributed by atoms with van der Waals surface area (Å²) < 4.78 is 24.2. The highest BCUT2D eigenvalue weighted by Gasteiger charge is 2.36. The molecule has 11 heteroatoms. The molecular formula is C26H29FN4O5S. The minimum atomic E-state index is -1.09. The normalized spacial score (nSPS) is 14.6. The van der Waals surface area contributed by atoms with Crippen molar-refractivity contribution in [3.63, 3.8) is 0 Å². The summed E-state index contributed by atoms with van der Waals surface area (Å²) in [6.07, 6.45) is 6.38. The second kappa shape index (κ2) is 12.6. The lowest BCUT2D eigenvalue weighted by Crippen LogP contribution is -2.47. The lowest BCUT2D eigenvalue weighted by molar-refractivity contribution is -0.127. The topological polar surface area (TPSA) is 118 Å². The highest BCUT2D eigenvalue weighted by molar-refractivity contribution is 8.00. The van der Waals surface area contributed by atoms with Crippen LogP contribution in [0.1, 0.15) is 49.7 Å². The summed E-state index contributed by atoms with van der Waals surface area (Å²) in [5, 5.41) is 9.39. The second-order valence-corrected chi connectivity index (χ2v) is 9.85. The van der Waals surface area contributed by atoms with E-state index in [1.165, 1.54) is 35.4 Å². The number of halogens is 1. The lowest BCUT2D eigenvalue weighted by Gasteiger charge is -2.32. The Bertz CT molecular complexity index is 1190. The van der Waals surface area contributed by atoms with Crippen molar-refractivity contribution < 1.29 is 27.7 Å². The van der Waals surface area contributed by atoms with E-state index in [0.29, 0.717) is 17.3 Å². The first-order valence-electron chi connectivity index (χ1n) is 12.1. The molecule has 1 aliphatic rings. The molecule has 0 radical (unpaired) electrons. The molecule has 1 aliphatic carbocycles. The molecule has 0 aliphatic heterocycles. The van der Waals surface area contributed by atoms with Crippen molar-refractivity contribution in [1.29, 1.82) is 0 Å². The van der Waals surface area contributed by atoms with Crippen molar-refractivity contribution >= 4 is 41.0 Å². The standard InChI is InChI=1S/C26H29FN4O5S/c1-17-14-22(30-36-17)29-23(32)15-37-16-24(33)31(20-11-9-18(27)10-12-20)25(21-8-5-13-35-21)26(34)28-19-6-3-2-4-7-19/h5,8-14,19,25H,2-4,6-7,15-16H2,1H3,(H,28,34)(H,29,30,32). The summed E-state index contributed by atoms with van der Waals surface area (Å²) in [5.41, 5.74) is 0.342. The van der Waals surface area contributed by atoms with Gasteiger partial charge >= 0.3 is 0 Å². The molecule has 4 rings (SSSR count). The van der Waals surface area contributed by atoms with Gasteiger partial charge in [-0.15, -0.1) is 11.8 Å². The SMILES string of the molecule is Cc1cc(NC(=O)CSCC(=O)N(c2ccc(F)cc2)C(C(=O)NC2CCCCC2)c2ccco2)no1. The molecular weight excluding hydrogens is 499 g/mol. The number of amides is 3. The number of aryl methyl sites for hydroxylation is 1. The predicted octanol–water partition coefficient (Wildman–Crippen LogP) is 4.61. The van der Waals surface area contributed by atoms with Gasteiger partial charge in [0, 0.05) is 17.8 Å². The minimum absolute atomic E-state index is 0.0159. The number of nitrogens with one attached hydrogen (secondary N) is 2. The Hall–Kier alpha value is -3.60. The molecule has 1 unspecified atom stereocenters. The van der Waals surface area contributed by atoms with Crippen molar-refractivity contribution in [2.45, 2.75) is 51.1 Å². The average Bonchev–Trinajstić information content (AvgIpc) is 3.55. The van der Waals surface area contributed by atoms with Crippen LogP contribution in [0.15, 0.2) is 57.7 Å². The third kappa shape index (κ3) is 7.22. The van der Waals surface area contributed by atoms with Crippen molar-refractivity contribution in [1.82, 2.24) is 10.5 Å². The van der Waals surface area contributed by atoms with Crippen LogP contribution in [0.2, 0.25) is 0 Å². The number of anilines is 2. The maximum absolute atomic E-state index is 13.7. The summed E-state index contributed by atoms with van der Waals surface area (Å²) in [5.74, 6) is -0.599. The molecule has 2 aromatic heterocycles. The van der Waals surface area contributed by atoms with Crippen LogP contribution < -0.4 is 15.5 Å². The number of rotatable bonds is 10. The Balaban J connectivity index is 1.51. The van der Waals surface area contributed by atoms with E-state index in [0.717, 1.165) is 43.9 Å². The summed E-state index contributed by atoms with van der Waals surface area (Å²) in [4.78, 5) is 40.7. The second-order valence-electron chi connectivity index (χ2n) is 8.87. The van der Waals surface area contributed by atoms with E-state index in [9.17, 15) is 18.8 Å². The summed E-state index contributed by atoms with van der Waals surface area (Å²) in [7, 11) is 0. The van der Waals surface area contributed by atoms with Crippen LogP contribution in [0.4, 0.5) is 15.9 Å². The van der Waals surface area contributed by atoms with E-state index in [1.54, 1.807) is 25.1 Å². The quantitative estimate of drug-likeness (QED) is 0.395. The molecule has 2 heterocycles. The highest BCUT2D eigenvalue weighted by atomic mass is 32.2. The van der Waals surface area contributed by atoms with Gasteiger partial charge < -0.3 is 19.6 Å². The average molecular weight is 529 g/mol. The van der Waals surface area contributed by atoms with Gasteiger partial charge in [-0.1, -0.05) is 24.4 Å². The molecule has 0 saturated heterocycles. The summed E-state index contributed by atoms with van der Waals surface area (Å²) >= 11 is 1.09. The van der Waals surface area contributed by atoms with E-state index in [2.05, 4.69) is 15.8 Å². The van der Waals surface area contributed by atoms with E-state index in [-0.39, 0.29) is 35.1 Å². The van der Waals surface area contributed by atoms with E-state index in [4.69, 9.17) is 8.94 Å². The Kier molecular flexibility index (Phi) is 8.99. The van der Waals surface area contributed by atoms with Crippen LogP contribution >= 0.6 is 11.8 Å². The third-order valence-corrected chi connectivity index (χ3v) is 6.92. The van der Waals surface area contributed by atoms with Gasteiger partial charge in [0.2, 0.25) is 11.8 Å². The zero-order valence-electron chi connectivity index (χ0n) is 20.4. The van der Waals surface area contributed by atoms with E-state index in [1.807, 2.05) is 0 Å². The van der Waals surface area contributed by atoms with Gasteiger partial charge in [0.15, 0.2) is 11.9 Å². The molecule has 3 amide bonds. The number of carbonyl (C=O) groups is 3. The van der Waals surface area contributed by atoms with Crippen LogP contribution in [0.25, 0.3) is 0 Å². The number of benzene rings is 1. The van der Waals surface area contributed by atoms with Crippen LogP contribution in [-0.2, 0) is 14.4 Å². The molecule has 1 fully saturated rings. The zero-order chi connectivity index (χ0) is 26.2. The summed E-state index contributed by atoms with van der Waals surface area (Å²) in [6, 6.07) is 9.14. The maximum Gasteiger partial charge on any atom is 0.251 e. The predicted molar refractivity (Wildman–Crippen MR) is 138 cm³/mol. The van der Waals surface area contributed by atoms with Crippen LogP contribution in [0, 0.1) is 12.7 Å². The molecule has 1 saturated carbocycles. The fourth-order valence-electron chi connectivity index (χ4n) is 4.29. The van der Waals surface area contributed by atoms with Crippen molar-refractivity contribution in [3.05, 3.63) is 66.1 Å². The lowest BCUT2D eigenvalue weighted by atomic mass is 9.95. The monoisotopic (exact) mass is 528 g/mol. The Labute approximate surface area is 218 Å². The third-order valence-electron chi connectivity index (χ3n) is 6.00. The Morgan fingerprint density at radius 1 is 1.14 bits per heavy atom. The Morgan fingerprint density at radius 3 is 2.54 bits per heavy atom. The van der Waals surface area contributed by atoms with Gasteiger partial charge in [-0.25, -0.2) is 4.39 Å². The largest absolute Gasteiger partial charge is 0.467 e. The molecule has 37 heavy (non-hydrogen) atoms. The first-order valence-corrected chi connectivity index (χ1v) is 13.3. The van der Waals surface area contributed by atoms with Crippen LogP contribution in [0.5, 0.6) is 0 Å². The number of aromatic nitrogens is 1. The van der Waals surface area contributed by atoms with Crippen LogP contribution in [0.3, 0.4) is 0 Å². The van der Waals surface area contributed by atoms with Gasteiger partial charge in [0.05, 0.1) is 17.8 Å².